The number of aromatic nitrogens is 1. The van der Waals surface area contributed by atoms with Gasteiger partial charge in [-0.15, -0.1) is 0 Å². The number of aryl methyl sites for hydroxylation is 1. The van der Waals surface area contributed by atoms with Crippen LogP contribution in [0.3, 0.4) is 0 Å². The Bertz CT molecular complexity index is 1200. The van der Waals surface area contributed by atoms with Crippen LogP contribution in [-0.2, 0) is 17.6 Å². The number of benzene rings is 1. The normalized spacial score (nSPS) is 13.8. The van der Waals surface area contributed by atoms with Crippen molar-refractivity contribution < 1.29 is 18.8 Å². The second-order valence-electron chi connectivity index (χ2n) is 7.61. The average molecular weight is 445 g/mol. The third-order valence-electron chi connectivity index (χ3n) is 5.29. The molecule has 168 valence electrons. The summed E-state index contributed by atoms with van der Waals surface area (Å²) in [7, 11) is 0. The van der Waals surface area contributed by atoms with Crippen LogP contribution < -0.4 is 16.3 Å². The Kier molecular flexibility index (Phi) is 6.58. The molecule has 0 aliphatic heterocycles. The second-order valence-corrected chi connectivity index (χ2v) is 7.61. The number of nitrogens with one attached hydrogen (secondary N) is 3. The van der Waals surface area contributed by atoms with Gasteiger partial charge in [0.05, 0.1) is 12.1 Å². The molecule has 1 aliphatic rings. The number of hydrogen-bond acceptors (Lipinski definition) is 6. The van der Waals surface area contributed by atoms with Crippen LogP contribution in [0.5, 0.6) is 0 Å². The van der Waals surface area contributed by atoms with Gasteiger partial charge in [0.2, 0.25) is 5.91 Å². The van der Waals surface area contributed by atoms with Gasteiger partial charge >= 0.3 is 5.91 Å². The summed E-state index contributed by atoms with van der Waals surface area (Å²) in [6.07, 6.45) is 5.27. The van der Waals surface area contributed by atoms with E-state index in [1.54, 1.807) is 19.1 Å². The lowest BCUT2D eigenvalue weighted by Gasteiger charge is -2.13. The molecule has 33 heavy (non-hydrogen) atoms. The van der Waals surface area contributed by atoms with Crippen molar-refractivity contribution in [1.29, 1.82) is 0 Å². The summed E-state index contributed by atoms with van der Waals surface area (Å²) < 4.78 is 5.81. The monoisotopic (exact) mass is 445 g/mol. The highest BCUT2D eigenvalue weighted by atomic mass is 16.4. The predicted molar refractivity (Wildman–Crippen MR) is 120 cm³/mol. The summed E-state index contributed by atoms with van der Waals surface area (Å²) in [5, 5.41) is 4.29. The molecule has 9 heteroatoms. The maximum Gasteiger partial charge on any atom is 0.305 e. The van der Waals surface area contributed by atoms with E-state index in [-0.39, 0.29) is 24.0 Å². The molecule has 0 unspecified atom stereocenters. The molecule has 1 aliphatic carbocycles. The van der Waals surface area contributed by atoms with Crippen LogP contribution in [0, 0.1) is 6.92 Å². The third-order valence-corrected chi connectivity index (χ3v) is 5.29. The Morgan fingerprint density at radius 1 is 1.00 bits per heavy atom. The van der Waals surface area contributed by atoms with Gasteiger partial charge in [0.15, 0.2) is 5.76 Å². The van der Waals surface area contributed by atoms with Crippen molar-refractivity contribution in [3.05, 3.63) is 88.6 Å². The van der Waals surface area contributed by atoms with E-state index in [4.69, 9.17) is 4.42 Å². The molecule has 3 amide bonds. The summed E-state index contributed by atoms with van der Waals surface area (Å²) in [5.41, 5.74) is 10.6. The molecule has 1 aromatic carbocycles. The first-order chi connectivity index (χ1) is 16.0. The molecule has 3 aromatic rings. The van der Waals surface area contributed by atoms with E-state index in [0.717, 1.165) is 17.5 Å². The van der Waals surface area contributed by atoms with Crippen LogP contribution in [0.4, 0.5) is 0 Å². The maximum atomic E-state index is 12.7. The summed E-state index contributed by atoms with van der Waals surface area (Å²) in [6.45, 7) is 1.76. The van der Waals surface area contributed by atoms with Crippen molar-refractivity contribution in [3.8, 4) is 0 Å². The highest BCUT2D eigenvalue weighted by Crippen LogP contribution is 2.29. The third kappa shape index (κ3) is 5.15. The zero-order valence-electron chi connectivity index (χ0n) is 18.1. The van der Waals surface area contributed by atoms with Crippen LogP contribution in [0.2, 0.25) is 0 Å². The van der Waals surface area contributed by atoms with E-state index in [1.807, 2.05) is 30.3 Å². The predicted octanol–water partition coefficient (Wildman–Crippen LogP) is 2.46. The van der Waals surface area contributed by atoms with Gasteiger partial charge in [0.25, 0.3) is 5.91 Å². The zero-order valence-corrected chi connectivity index (χ0v) is 18.1. The average Bonchev–Trinajstić information content (AvgIpc) is 3.19. The second kappa shape index (κ2) is 9.90. The van der Waals surface area contributed by atoms with Crippen molar-refractivity contribution in [2.45, 2.75) is 32.6 Å². The summed E-state index contributed by atoms with van der Waals surface area (Å²) in [5.74, 6) is -0.503. The topological polar surface area (TPSA) is 126 Å². The lowest BCUT2D eigenvalue weighted by atomic mass is 9.93. The van der Waals surface area contributed by atoms with Gasteiger partial charge in [-0.3, -0.25) is 30.2 Å². The Morgan fingerprint density at radius 2 is 1.76 bits per heavy atom. The SMILES string of the molecule is Cc1c(C(=O)NNC(=O)Cc2ccccc2)oc2c1/C(=N/NC(=O)c1ccncc1)CCC2. The van der Waals surface area contributed by atoms with Gasteiger partial charge < -0.3 is 4.42 Å². The number of fused-ring (bicyclic) bond motifs is 1. The Morgan fingerprint density at radius 3 is 2.52 bits per heavy atom. The summed E-state index contributed by atoms with van der Waals surface area (Å²) in [6, 6.07) is 12.4. The van der Waals surface area contributed by atoms with Crippen molar-refractivity contribution in [2.75, 3.05) is 0 Å². The van der Waals surface area contributed by atoms with Crippen molar-refractivity contribution >= 4 is 23.4 Å². The number of amides is 3. The molecular formula is C24H23N5O4. The number of hydrazone groups is 1. The molecule has 0 atom stereocenters. The van der Waals surface area contributed by atoms with E-state index in [0.29, 0.717) is 35.4 Å². The molecule has 9 nitrogen and oxygen atoms in total. The standard InChI is InChI=1S/C24H23N5O4/c1-15-21-18(26-28-23(31)17-10-12-25-13-11-17)8-5-9-19(21)33-22(15)24(32)29-27-20(30)14-16-6-3-2-4-7-16/h2-4,6-7,10-13H,5,8-9,14H2,1H3,(H,27,30)(H,28,31)(H,29,32)/b26-18+. The molecule has 2 aromatic heterocycles. The minimum atomic E-state index is -0.552. The van der Waals surface area contributed by atoms with Crippen molar-refractivity contribution in [1.82, 2.24) is 21.3 Å². The summed E-state index contributed by atoms with van der Waals surface area (Å²) in [4.78, 5) is 41.0. The van der Waals surface area contributed by atoms with Gasteiger partial charge in [-0.05, 0) is 37.5 Å². The number of nitrogens with zero attached hydrogens (tertiary/aromatic N) is 2. The highest BCUT2D eigenvalue weighted by Gasteiger charge is 2.28. The first-order valence-corrected chi connectivity index (χ1v) is 10.6. The number of hydrogen-bond donors (Lipinski definition) is 3. The largest absolute Gasteiger partial charge is 0.455 e. The van der Waals surface area contributed by atoms with E-state index in [2.05, 4.69) is 26.4 Å². The number of furan rings is 1. The number of rotatable bonds is 5. The highest BCUT2D eigenvalue weighted by molar-refractivity contribution is 6.07. The molecular weight excluding hydrogens is 422 g/mol. The van der Waals surface area contributed by atoms with Crippen molar-refractivity contribution in [2.24, 2.45) is 5.10 Å². The van der Waals surface area contributed by atoms with Crippen molar-refractivity contribution in [3.63, 3.8) is 0 Å². The first-order valence-electron chi connectivity index (χ1n) is 10.6. The van der Waals surface area contributed by atoms with Gasteiger partial charge in [-0.25, -0.2) is 5.43 Å². The quantitative estimate of drug-likeness (QED) is 0.520. The number of pyridine rings is 1. The Labute approximate surface area is 190 Å². The maximum absolute atomic E-state index is 12.7. The van der Waals surface area contributed by atoms with Gasteiger partial charge in [-0.2, -0.15) is 5.10 Å². The van der Waals surface area contributed by atoms with Crippen LogP contribution in [0.1, 0.15) is 56.2 Å². The molecule has 2 heterocycles. The van der Waals surface area contributed by atoms with E-state index < -0.39 is 5.91 Å². The minimum absolute atomic E-state index is 0.107. The fraction of sp³-hybridized carbons (Fsp3) is 0.208. The molecule has 0 radical (unpaired) electrons. The molecule has 0 saturated carbocycles. The van der Waals surface area contributed by atoms with Crippen LogP contribution in [0.15, 0.2) is 64.4 Å². The number of carbonyl (C=O) groups is 3. The van der Waals surface area contributed by atoms with E-state index >= 15 is 0 Å². The molecule has 4 rings (SSSR count). The van der Waals surface area contributed by atoms with Gasteiger partial charge in [-0.1, -0.05) is 30.3 Å². The van der Waals surface area contributed by atoms with E-state index in [9.17, 15) is 14.4 Å². The Hall–Kier alpha value is -4.27. The van der Waals surface area contributed by atoms with Gasteiger partial charge in [0, 0.05) is 35.5 Å². The van der Waals surface area contributed by atoms with Gasteiger partial charge in [0.1, 0.15) is 5.76 Å². The van der Waals surface area contributed by atoms with Crippen LogP contribution >= 0.6 is 0 Å². The Balaban J connectivity index is 1.44. The minimum Gasteiger partial charge on any atom is -0.455 e. The molecule has 0 saturated heterocycles. The van der Waals surface area contributed by atoms with E-state index in [1.165, 1.54) is 12.4 Å². The molecule has 0 bridgehead atoms. The zero-order chi connectivity index (χ0) is 23.2. The van der Waals surface area contributed by atoms with Crippen LogP contribution in [-0.4, -0.2) is 28.4 Å². The summed E-state index contributed by atoms with van der Waals surface area (Å²) >= 11 is 0. The fourth-order valence-electron chi connectivity index (χ4n) is 3.69. The van der Waals surface area contributed by atoms with Crippen LogP contribution in [0.25, 0.3) is 0 Å². The lowest BCUT2D eigenvalue weighted by Crippen LogP contribution is -2.42. The first kappa shape index (κ1) is 21.9. The smallest absolute Gasteiger partial charge is 0.305 e. The number of carbonyl (C=O) groups excluding carboxylic acids is 3. The number of hydrazine groups is 1. The lowest BCUT2D eigenvalue weighted by molar-refractivity contribution is -0.121. The molecule has 3 N–H and O–H groups in total. The fourth-order valence-corrected chi connectivity index (χ4v) is 3.69. The molecule has 0 spiro atoms. The molecule has 0 fully saturated rings.